The fourth-order valence-corrected chi connectivity index (χ4v) is 2.65. The molecule has 2 aromatic rings. The number of para-hydroxylation sites is 2. The van der Waals surface area contributed by atoms with Crippen LogP contribution in [0.5, 0.6) is 5.75 Å². The lowest BCUT2D eigenvalue weighted by atomic mass is 10.3. The molecule has 120 valence electrons. The molecule has 5 heteroatoms. The van der Waals surface area contributed by atoms with E-state index < -0.39 is 0 Å². The van der Waals surface area contributed by atoms with E-state index in [1.165, 1.54) is 0 Å². The van der Waals surface area contributed by atoms with Crippen molar-refractivity contribution in [1.82, 2.24) is 14.7 Å². The van der Waals surface area contributed by atoms with Crippen LogP contribution in [-0.4, -0.2) is 34.9 Å². The van der Waals surface area contributed by atoms with Gasteiger partial charge in [-0.25, -0.2) is 4.68 Å². The summed E-state index contributed by atoms with van der Waals surface area (Å²) >= 11 is 0. The topological polar surface area (TPSA) is 56.3 Å². The van der Waals surface area contributed by atoms with Crippen LogP contribution in [0.25, 0.3) is 5.69 Å². The molecule has 0 aliphatic rings. The second-order valence-corrected chi connectivity index (χ2v) is 5.42. The van der Waals surface area contributed by atoms with Crippen LogP contribution in [0.2, 0.25) is 0 Å². The molecule has 5 nitrogen and oxygen atoms in total. The Morgan fingerprint density at radius 3 is 2.50 bits per heavy atom. The van der Waals surface area contributed by atoms with Gasteiger partial charge in [-0.15, -0.1) is 0 Å². The molecule has 0 radical (unpaired) electrons. The Labute approximate surface area is 132 Å². The maximum absolute atomic E-state index is 6.15. The quantitative estimate of drug-likeness (QED) is 0.814. The van der Waals surface area contributed by atoms with Crippen molar-refractivity contribution in [2.75, 3.05) is 25.9 Å². The second-order valence-electron chi connectivity index (χ2n) is 5.42. The summed E-state index contributed by atoms with van der Waals surface area (Å²) in [5.41, 5.74) is 8.00. The van der Waals surface area contributed by atoms with E-state index in [-0.39, 0.29) is 0 Å². The molecule has 1 aromatic carbocycles. The van der Waals surface area contributed by atoms with Crippen molar-refractivity contribution in [2.45, 2.75) is 33.2 Å². The highest BCUT2D eigenvalue weighted by Gasteiger charge is 2.13. The standard InChI is InChI=1S/C17H26N4O/c1-4-10-20(11-5-2)13-14-12-17(18)21(19-14)15-8-6-7-9-16(15)22-3/h6-9,12H,4-5,10-11,13,18H2,1-3H3. The Morgan fingerprint density at radius 1 is 1.18 bits per heavy atom. The van der Waals surface area contributed by atoms with E-state index in [1.54, 1.807) is 11.8 Å². The largest absolute Gasteiger partial charge is 0.494 e. The van der Waals surface area contributed by atoms with Crippen LogP contribution in [0.3, 0.4) is 0 Å². The average molecular weight is 302 g/mol. The number of aromatic nitrogens is 2. The molecule has 1 aromatic heterocycles. The molecule has 2 rings (SSSR count). The maximum Gasteiger partial charge on any atom is 0.144 e. The lowest BCUT2D eigenvalue weighted by Crippen LogP contribution is -2.25. The van der Waals surface area contributed by atoms with Crippen molar-refractivity contribution in [2.24, 2.45) is 0 Å². The minimum absolute atomic E-state index is 0.632. The van der Waals surface area contributed by atoms with Gasteiger partial charge in [-0.05, 0) is 38.1 Å². The Bertz CT molecular complexity index is 588. The van der Waals surface area contributed by atoms with Crippen molar-refractivity contribution in [1.29, 1.82) is 0 Å². The number of anilines is 1. The first-order valence-electron chi connectivity index (χ1n) is 7.89. The predicted octanol–water partition coefficient (Wildman–Crippen LogP) is 3.09. The molecule has 0 aliphatic carbocycles. The van der Waals surface area contributed by atoms with Gasteiger partial charge in [0.2, 0.25) is 0 Å². The smallest absolute Gasteiger partial charge is 0.144 e. The van der Waals surface area contributed by atoms with Gasteiger partial charge in [0.1, 0.15) is 17.3 Å². The van der Waals surface area contributed by atoms with Gasteiger partial charge in [-0.3, -0.25) is 4.90 Å². The number of methoxy groups -OCH3 is 1. The van der Waals surface area contributed by atoms with E-state index >= 15 is 0 Å². The summed E-state index contributed by atoms with van der Waals surface area (Å²) in [4.78, 5) is 2.41. The zero-order chi connectivity index (χ0) is 15.9. The molecule has 0 saturated heterocycles. The number of hydrogen-bond donors (Lipinski definition) is 1. The summed E-state index contributed by atoms with van der Waals surface area (Å²) in [6, 6.07) is 9.72. The van der Waals surface area contributed by atoms with Gasteiger partial charge in [0.25, 0.3) is 0 Å². The zero-order valence-corrected chi connectivity index (χ0v) is 13.7. The third-order valence-corrected chi connectivity index (χ3v) is 3.57. The van der Waals surface area contributed by atoms with Crippen LogP contribution >= 0.6 is 0 Å². The molecule has 1 heterocycles. The lowest BCUT2D eigenvalue weighted by molar-refractivity contribution is 0.263. The summed E-state index contributed by atoms with van der Waals surface area (Å²) in [5, 5.41) is 4.66. The van der Waals surface area contributed by atoms with Crippen LogP contribution in [0.15, 0.2) is 30.3 Å². The van der Waals surface area contributed by atoms with Gasteiger partial charge >= 0.3 is 0 Å². The van der Waals surface area contributed by atoms with E-state index in [4.69, 9.17) is 10.5 Å². The summed E-state index contributed by atoms with van der Waals surface area (Å²) < 4.78 is 7.15. The SMILES string of the molecule is CCCN(CCC)Cc1cc(N)n(-c2ccccc2OC)n1. The first-order chi connectivity index (χ1) is 10.7. The van der Waals surface area contributed by atoms with Crippen LogP contribution in [0.1, 0.15) is 32.4 Å². The van der Waals surface area contributed by atoms with Gasteiger partial charge in [-0.2, -0.15) is 5.10 Å². The van der Waals surface area contributed by atoms with E-state index in [1.807, 2.05) is 30.3 Å². The first-order valence-corrected chi connectivity index (χ1v) is 7.89. The highest BCUT2D eigenvalue weighted by Crippen LogP contribution is 2.24. The number of benzene rings is 1. The molecule has 0 saturated carbocycles. The van der Waals surface area contributed by atoms with Gasteiger partial charge in [0.05, 0.1) is 12.8 Å². The van der Waals surface area contributed by atoms with Crippen molar-refractivity contribution in [3.63, 3.8) is 0 Å². The van der Waals surface area contributed by atoms with Gasteiger partial charge < -0.3 is 10.5 Å². The monoisotopic (exact) mass is 302 g/mol. The Morgan fingerprint density at radius 2 is 1.86 bits per heavy atom. The van der Waals surface area contributed by atoms with E-state index in [0.717, 1.165) is 49.6 Å². The molecule has 0 fully saturated rings. The summed E-state index contributed by atoms with van der Waals surface area (Å²) in [6.45, 7) is 7.38. The molecule has 0 amide bonds. The highest BCUT2D eigenvalue weighted by atomic mass is 16.5. The van der Waals surface area contributed by atoms with Crippen molar-refractivity contribution < 1.29 is 4.74 Å². The van der Waals surface area contributed by atoms with E-state index in [0.29, 0.717) is 5.82 Å². The highest BCUT2D eigenvalue weighted by molar-refractivity contribution is 5.51. The van der Waals surface area contributed by atoms with Gasteiger partial charge in [0.15, 0.2) is 0 Å². The fourth-order valence-electron chi connectivity index (χ4n) is 2.65. The summed E-state index contributed by atoms with van der Waals surface area (Å²) in [6.07, 6.45) is 2.28. The Balaban J connectivity index is 2.24. The van der Waals surface area contributed by atoms with Crippen LogP contribution < -0.4 is 10.5 Å². The number of nitrogen functional groups attached to an aromatic ring is 1. The molecule has 0 spiro atoms. The van der Waals surface area contributed by atoms with Gasteiger partial charge in [-0.1, -0.05) is 26.0 Å². The molecule has 2 N–H and O–H groups in total. The third kappa shape index (κ3) is 3.80. The molecule has 0 atom stereocenters. The predicted molar refractivity (Wildman–Crippen MR) is 90.4 cm³/mol. The minimum atomic E-state index is 0.632. The molecular weight excluding hydrogens is 276 g/mol. The van der Waals surface area contributed by atoms with Crippen LogP contribution in [0.4, 0.5) is 5.82 Å². The Hall–Kier alpha value is -2.01. The lowest BCUT2D eigenvalue weighted by Gasteiger charge is -2.19. The number of nitrogens with zero attached hydrogens (tertiary/aromatic N) is 3. The van der Waals surface area contributed by atoms with Gasteiger partial charge in [0, 0.05) is 12.6 Å². The zero-order valence-electron chi connectivity index (χ0n) is 13.7. The van der Waals surface area contributed by atoms with Crippen molar-refractivity contribution in [3.05, 3.63) is 36.0 Å². The fraction of sp³-hybridized carbons (Fsp3) is 0.471. The molecule has 22 heavy (non-hydrogen) atoms. The molecule has 0 aliphatic heterocycles. The van der Waals surface area contributed by atoms with E-state index in [2.05, 4.69) is 23.8 Å². The molecular formula is C17H26N4O. The number of rotatable bonds is 8. The normalized spacial score (nSPS) is 11.1. The first kappa shape index (κ1) is 16.4. The Kier molecular flexibility index (Phi) is 5.83. The maximum atomic E-state index is 6.15. The van der Waals surface area contributed by atoms with Crippen LogP contribution in [0, 0.1) is 0 Å². The molecule has 0 unspecified atom stereocenters. The average Bonchev–Trinajstić information content (AvgIpc) is 2.88. The number of nitrogens with two attached hydrogens (primary N) is 1. The van der Waals surface area contributed by atoms with E-state index in [9.17, 15) is 0 Å². The van der Waals surface area contributed by atoms with Crippen LogP contribution in [-0.2, 0) is 6.54 Å². The third-order valence-electron chi connectivity index (χ3n) is 3.57. The summed E-state index contributed by atoms with van der Waals surface area (Å²) in [7, 11) is 1.66. The second kappa shape index (κ2) is 7.84. The minimum Gasteiger partial charge on any atom is -0.494 e. The van der Waals surface area contributed by atoms with Crippen molar-refractivity contribution >= 4 is 5.82 Å². The molecule has 0 bridgehead atoms. The number of ether oxygens (including phenoxy) is 1. The summed E-state index contributed by atoms with van der Waals surface area (Å²) in [5.74, 6) is 1.40. The van der Waals surface area contributed by atoms with Crippen molar-refractivity contribution in [3.8, 4) is 11.4 Å². The number of hydrogen-bond acceptors (Lipinski definition) is 4.